The molecule has 0 bridgehead atoms. The van der Waals surface area contributed by atoms with Crippen LogP contribution in [-0.2, 0) is 5.41 Å². The van der Waals surface area contributed by atoms with E-state index in [-0.39, 0.29) is 17.1 Å². The molecule has 0 aliphatic rings. The van der Waals surface area contributed by atoms with Crippen molar-refractivity contribution in [3.8, 4) is 0 Å². The van der Waals surface area contributed by atoms with Gasteiger partial charge in [0.1, 0.15) is 0 Å². The highest BCUT2D eigenvalue weighted by Gasteiger charge is 2.14. The summed E-state index contributed by atoms with van der Waals surface area (Å²) in [5.74, 6) is -1.45. The van der Waals surface area contributed by atoms with Crippen molar-refractivity contribution in [1.82, 2.24) is 4.98 Å². The summed E-state index contributed by atoms with van der Waals surface area (Å²) in [7, 11) is 1.53. The van der Waals surface area contributed by atoms with Gasteiger partial charge in [0, 0.05) is 18.8 Å². The van der Waals surface area contributed by atoms with Gasteiger partial charge in [0.2, 0.25) is 0 Å². The Morgan fingerprint density at radius 3 is 2.05 bits per heavy atom. The minimum atomic E-state index is -0.730. The first-order valence-electron chi connectivity index (χ1n) is 6.72. The summed E-state index contributed by atoms with van der Waals surface area (Å²) in [4.78, 5) is 3.88. The first kappa shape index (κ1) is 15.2. The second-order valence-electron chi connectivity index (χ2n) is 5.85. The van der Waals surface area contributed by atoms with E-state index in [0.29, 0.717) is 5.69 Å². The first-order valence-corrected chi connectivity index (χ1v) is 6.72. The maximum Gasteiger partial charge on any atom is 0.169 e. The Balaban J connectivity index is 2.26. The molecule has 2 aromatic rings. The van der Waals surface area contributed by atoms with Crippen molar-refractivity contribution in [2.45, 2.75) is 26.2 Å². The van der Waals surface area contributed by atoms with Crippen LogP contribution in [0.1, 0.15) is 26.3 Å². The van der Waals surface area contributed by atoms with Crippen LogP contribution in [0.3, 0.4) is 0 Å². The van der Waals surface area contributed by atoms with E-state index in [9.17, 15) is 8.78 Å². The van der Waals surface area contributed by atoms with Gasteiger partial charge in [-0.2, -0.15) is 0 Å². The number of anilines is 3. The summed E-state index contributed by atoms with van der Waals surface area (Å²) in [5, 5.41) is 5.44. The van der Waals surface area contributed by atoms with Crippen molar-refractivity contribution in [2.24, 2.45) is 0 Å². The number of hydrogen-bond acceptors (Lipinski definition) is 3. The molecule has 1 aromatic carbocycles. The van der Waals surface area contributed by atoms with Crippen LogP contribution < -0.4 is 10.6 Å². The summed E-state index contributed by atoms with van der Waals surface area (Å²) in [6.45, 7) is 6.36. The SMILES string of the molecule is CNc1nc(Nc2ccc(C(C)(C)C)cc2)c(F)cc1F. The fourth-order valence-electron chi connectivity index (χ4n) is 1.92. The summed E-state index contributed by atoms with van der Waals surface area (Å²) < 4.78 is 27.1. The van der Waals surface area contributed by atoms with Crippen molar-refractivity contribution in [1.29, 1.82) is 0 Å². The van der Waals surface area contributed by atoms with Gasteiger partial charge in [-0.3, -0.25) is 0 Å². The van der Waals surface area contributed by atoms with Crippen LogP contribution in [0.5, 0.6) is 0 Å². The van der Waals surface area contributed by atoms with Crippen LogP contribution in [0.25, 0.3) is 0 Å². The zero-order valence-corrected chi connectivity index (χ0v) is 12.6. The molecule has 112 valence electrons. The van der Waals surface area contributed by atoms with Gasteiger partial charge in [0.05, 0.1) is 0 Å². The highest BCUT2D eigenvalue weighted by Crippen LogP contribution is 2.26. The molecule has 2 N–H and O–H groups in total. The molecule has 1 aromatic heterocycles. The van der Waals surface area contributed by atoms with Crippen LogP contribution in [-0.4, -0.2) is 12.0 Å². The van der Waals surface area contributed by atoms with E-state index in [0.717, 1.165) is 6.07 Å². The third-order valence-electron chi connectivity index (χ3n) is 3.18. The Labute approximate surface area is 123 Å². The number of halogens is 2. The standard InChI is InChI=1S/C16H19F2N3/c1-16(2,3)10-5-7-11(8-6-10)20-15-13(18)9-12(17)14(19-4)21-15/h5-9H,1-4H3,(H2,19,20,21). The summed E-state index contributed by atoms with van der Waals surface area (Å²) in [6, 6.07) is 8.46. The van der Waals surface area contributed by atoms with Gasteiger partial charge in [-0.1, -0.05) is 32.9 Å². The van der Waals surface area contributed by atoms with Gasteiger partial charge in [0.15, 0.2) is 23.3 Å². The summed E-state index contributed by atoms with van der Waals surface area (Å²) in [5.41, 5.74) is 1.93. The number of nitrogens with one attached hydrogen (secondary N) is 2. The van der Waals surface area contributed by atoms with Crippen molar-refractivity contribution in [3.05, 3.63) is 47.5 Å². The molecule has 0 unspecified atom stereocenters. The van der Waals surface area contributed by atoms with Crippen LogP contribution in [0.2, 0.25) is 0 Å². The highest BCUT2D eigenvalue weighted by atomic mass is 19.1. The Bertz CT molecular complexity index is 631. The maximum absolute atomic E-state index is 13.7. The van der Waals surface area contributed by atoms with E-state index in [1.165, 1.54) is 12.6 Å². The third kappa shape index (κ3) is 3.48. The minimum Gasteiger partial charge on any atom is -0.371 e. The fraction of sp³-hybridized carbons (Fsp3) is 0.312. The average Bonchev–Trinajstić information content (AvgIpc) is 2.41. The van der Waals surface area contributed by atoms with Crippen LogP contribution >= 0.6 is 0 Å². The van der Waals surface area contributed by atoms with E-state index in [4.69, 9.17) is 0 Å². The number of rotatable bonds is 3. The molecule has 1 heterocycles. The van der Waals surface area contributed by atoms with Crippen molar-refractivity contribution < 1.29 is 8.78 Å². The molecule has 0 aliphatic heterocycles. The van der Waals surface area contributed by atoms with Crippen molar-refractivity contribution in [3.63, 3.8) is 0 Å². The molecule has 0 fully saturated rings. The Morgan fingerprint density at radius 2 is 1.52 bits per heavy atom. The second-order valence-corrected chi connectivity index (χ2v) is 5.85. The van der Waals surface area contributed by atoms with Gasteiger partial charge in [0.25, 0.3) is 0 Å². The van der Waals surface area contributed by atoms with E-state index in [2.05, 4.69) is 36.4 Å². The molecule has 5 heteroatoms. The largest absolute Gasteiger partial charge is 0.371 e. The molecule has 0 spiro atoms. The van der Waals surface area contributed by atoms with Crippen LogP contribution in [0.4, 0.5) is 26.1 Å². The molecule has 0 radical (unpaired) electrons. The molecule has 0 amide bonds. The molecule has 3 nitrogen and oxygen atoms in total. The quantitative estimate of drug-likeness (QED) is 0.877. The predicted octanol–water partition coefficient (Wildman–Crippen LogP) is 4.44. The zero-order valence-electron chi connectivity index (χ0n) is 12.6. The lowest BCUT2D eigenvalue weighted by Gasteiger charge is -2.19. The van der Waals surface area contributed by atoms with Gasteiger partial charge in [-0.05, 0) is 23.1 Å². The number of benzene rings is 1. The number of pyridine rings is 1. The normalized spacial score (nSPS) is 11.3. The molecule has 0 saturated heterocycles. The van der Waals surface area contributed by atoms with E-state index in [1.54, 1.807) is 0 Å². The smallest absolute Gasteiger partial charge is 0.169 e. The van der Waals surface area contributed by atoms with E-state index < -0.39 is 11.6 Å². The number of aromatic nitrogens is 1. The van der Waals surface area contributed by atoms with Crippen LogP contribution in [0.15, 0.2) is 30.3 Å². The topological polar surface area (TPSA) is 37.0 Å². The third-order valence-corrected chi connectivity index (χ3v) is 3.18. The Kier molecular flexibility index (Phi) is 4.11. The lowest BCUT2D eigenvalue weighted by molar-refractivity contribution is 0.580. The van der Waals surface area contributed by atoms with Gasteiger partial charge >= 0.3 is 0 Å². The summed E-state index contributed by atoms with van der Waals surface area (Å²) >= 11 is 0. The second kappa shape index (κ2) is 5.68. The lowest BCUT2D eigenvalue weighted by Crippen LogP contribution is -2.10. The van der Waals surface area contributed by atoms with Gasteiger partial charge in [-0.15, -0.1) is 0 Å². The minimum absolute atomic E-state index is 0.00483. The van der Waals surface area contributed by atoms with E-state index in [1.807, 2.05) is 24.3 Å². The maximum atomic E-state index is 13.7. The monoisotopic (exact) mass is 291 g/mol. The first-order chi connectivity index (χ1) is 9.81. The molecule has 0 saturated carbocycles. The molecule has 0 atom stereocenters. The molecule has 21 heavy (non-hydrogen) atoms. The average molecular weight is 291 g/mol. The fourth-order valence-corrected chi connectivity index (χ4v) is 1.92. The Morgan fingerprint density at radius 1 is 0.952 bits per heavy atom. The number of nitrogens with zero attached hydrogens (tertiary/aromatic N) is 1. The summed E-state index contributed by atoms with van der Waals surface area (Å²) in [6.07, 6.45) is 0. The van der Waals surface area contributed by atoms with Crippen LogP contribution in [0, 0.1) is 11.6 Å². The van der Waals surface area contributed by atoms with E-state index >= 15 is 0 Å². The van der Waals surface area contributed by atoms with Crippen molar-refractivity contribution in [2.75, 3.05) is 17.7 Å². The zero-order chi connectivity index (χ0) is 15.6. The lowest BCUT2D eigenvalue weighted by atomic mass is 9.87. The van der Waals surface area contributed by atoms with Gasteiger partial charge < -0.3 is 10.6 Å². The Hall–Kier alpha value is -2.17. The molecule has 2 rings (SSSR count). The molecular formula is C16H19F2N3. The van der Waals surface area contributed by atoms with Crippen molar-refractivity contribution >= 4 is 17.3 Å². The predicted molar refractivity (Wildman–Crippen MR) is 82.1 cm³/mol. The highest BCUT2D eigenvalue weighted by molar-refractivity contribution is 5.59. The molecule has 0 aliphatic carbocycles. The molecular weight excluding hydrogens is 272 g/mol. The van der Waals surface area contributed by atoms with Gasteiger partial charge in [-0.25, -0.2) is 13.8 Å². The number of hydrogen-bond donors (Lipinski definition) is 2.